The van der Waals surface area contributed by atoms with Gasteiger partial charge in [-0.3, -0.25) is 19.2 Å². The minimum atomic E-state index is -1.44. The number of hydrogen-bond donors (Lipinski definition) is 2. The fraction of sp³-hybridized carbons (Fsp3) is 0.422. The third-order valence-electron chi connectivity index (χ3n) is 11.4. The second kappa shape index (κ2) is 18.3. The number of methoxy groups -OCH3 is 1. The molecule has 1 unspecified atom stereocenters. The van der Waals surface area contributed by atoms with Gasteiger partial charge in [-0.2, -0.15) is 0 Å². The SMILES string of the molecule is C=CCCC(=O)N[C@@H](COC)[C@@H](OC(=O)[C@@H]1[C@H]2O[C@@]3(CC2Br)[C@H](C(=O)N(CC=C)c2c(C)cccc2C)N([C@@H](CO)Cc2ccccc2)C(=O)[C@@H]13)c1ccccc1. The first-order valence-electron chi connectivity index (χ1n) is 19.4. The van der Waals surface area contributed by atoms with Gasteiger partial charge in [0.2, 0.25) is 11.8 Å². The number of benzene rings is 3. The molecule has 0 aromatic heterocycles. The third kappa shape index (κ3) is 8.23. The number of likely N-dealkylation sites (tertiary alicyclic amines) is 1. The summed E-state index contributed by atoms with van der Waals surface area (Å²) >= 11 is 3.78. The van der Waals surface area contributed by atoms with E-state index < -0.39 is 77.0 Å². The molecule has 3 aliphatic heterocycles. The first-order valence-corrected chi connectivity index (χ1v) is 20.3. The fourth-order valence-electron chi connectivity index (χ4n) is 9.07. The van der Waals surface area contributed by atoms with Gasteiger partial charge in [-0.1, -0.05) is 107 Å². The highest BCUT2D eigenvalue weighted by atomic mass is 79.9. The normalized spacial score (nSPS) is 25.0. The summed E-state index contributed by atoms with van der Waals surface area (Å²) in [5, 5.41) is 14.0. The van der Waals surface area contributed by atoms with Crippen molar-refractivity contribution >= 4 is 45.3 Å². The predicted molar refractivity (Wildman–Crippen MR) is 221 cm³/mol. The van der Waals surface area contributed by atoms with Gasteiger partial charge in [-0.25, -0.2) is 0 Å². The molecule has 0 aliphatic carbocycles. The number of halogens is 1. The molecule has 57 heavy (non-hydrogen) atoms. The molecule has 3 saturated heterocycles. The summed E-state index contributed by atoms with van der Waals surface area (Å²) in [4.78, 5) is 61.2. The van der Waals surface area contributed by atoms with Crippen LogP contribution < -0.4 is 10.2 Å². The Morgan fingerprint density at radius 2 is 1.70 bits per heavy atom. The van der Waals surface area contributed by atoms with Crippen molar-refractivity contribution in [1.29, 1.82) is 0 Å². The molecule has 3 aliphatic rings. The maximum Gasteiger partial charge on any atom is 0.313 e. The molecule has 2 bridgehead atoms. The molecular formula is C45H52BrN3O8. The number of nitrogens with zero attached hydrogens (tertiary/aromatic N) is 2. The number of carbonyl (C=O) groups is 4. The van der Waals surface area contributed by atoms with Crippen LogP contribution in [0.1, 0.15) is 47.6 Å². The fourth-order valence-corrected chi connectivity index (χ4v) is 10.0. The molecule has 3 fully saturated rings. The quantitative estimate of drug-likeness (QED) is 0.0968. The zero-order valence-corrected chi connectivity index (χ0v) is 34.3. The number of nitrogens with one attached hydrogen (secondary N) is 1. The Bertz CT molecular complexity index is 1920. The van der Waals surface area contributed by atoms with Crippen LogP contribution in [0.4, 0.5) is 5.69 Å². The minimum Gasteiger partial charge on any atom is -0.455 e. The molecule has 3 aromatic rings. The average Bonchev–Trinajstić information content (AvgIpc) is 3.81. The first-order chi connectivity index (χ1) is 27.5. The number of amides is 3. The number of alkyl halides is 1. The third-order valence-corrected chi connectivity index (χ3v) is 12.3. The molecule has 0 radical (unpaired) electrons. The molecule has 12 heteroatoms. The number of aliphatic hydroxyl groups is 1. The lowest BCUT2D eigenvalue weighted by Gasteiger charge is -2.40. The number of esters is 1. The molecule has 302 valence electrons. The number of allylic oxidation sites excluding steroid dienone is 1. The Hall–Kier alpha value is -4.62. The van der Waals surface area contributed by atoms with Gasteiger partial charge < -0.3 is 34.4 Å². The van der Waals surface area contributed by atoms with Gasteiger partial charge in [0, 0.05) is 30.6 Å². The van der Waals surface area contributed by atoms with E-state index in [0.29, 0.717) is 17.7 Å². The van der Waals surface area contributed by atoms with E-state index in [2.05, 4.69) is 34.4 Å². The lowest BCUT2D eigenvalue weighted by Crippen LogP contribution is -2.59. The monoisotopic (exact) mass is 841 g/mol. The van der Waals surface area contributed by atoms with E-state index in [0.717, 1.165) is 16.7 Å². The number of aryl methyl sites for hydroxylation is 2. The smallest absolute Gasteiger partial charge is 0.313 e. The van der Waals surface area contributed by atoms with Gasteiger partial charge >= 0.3 is 5.97 Å². The molecule has 9 atom stereocenters. The molecule has 6 rings (SSSR count). The molecule has 3 aromatic carbocycles. The van der Waals surface area contributed by atoms with Crippen LogP contribution in [0.25, 0.3) is 0 Å². The second-order valence-corrected chi connectivity index (χ2v) is 16.3. The van der Waals surface area contributed by atoms with Crippen molar-refractivity contribution in [2.24, 2.45) is 11.8 Å². The maximum absolute atomic E-state index is 15.4. The van der Waals surface area contributed by atoms with Gasteiger partial charge in [0.05, 0.1) is 43.2 Å². The van der Waals surface area contributed by atoms with Crippen LogP contribution in [-0.4, -0.2) is 95.2 Å². The summed E-state index contributed by atoms with van der Waals surface area (Å²) < 4.78 is 18.8. The summed E-state index contributed by atoms with van der Waals surface area (Å²) in [6, 6.07) is 21.5. The van der Waals surface area contributed by atoms with Crippen LogP contribution in [0.15, 0.2) is 104 Å². The Kier molecular flexibility index (Phi) is 13.5. The van der Waals surface area contributed by atoms with Crippen molar-refractivity contribution in [3.05, 3.63) is 126 Å². The summed E-state index contributed by atoms with van der Waals surface area (Å²) in [7, 11) is 1.50. The number of para-hydroxylation sites is 1. The number of hydrogen-bond acceptors (Lipinski definition) is 8. The first kappa shape index (κ1) is 42.0. The van der Waals surface area contributed by atoms with Gasteiger partial charge in [0.1, 0.15) is 17.7 Å². The van der Waals surface area contributed by atoms with E-state index in [1.54, 1.807) is 29.2 Å². The highest BCUT2D eigenvalue weighted by molar-refractivity contribution is 9.09. The van der Waals surface area contributed by atoms with Crippen molar-refractivity contribution in [2.75, 3.05) is 31.8 Å². The molecule has 2 N–H and O–H groups in total. The zero-order chi connectivity index (χ0) is 40.9. The van der Waals surface area contributed by atoms with Gasteiger partial charge in [-0.05, 0) is 55.4 Å². The Morgan fingerprint density at radius 1 is 1.04 bits per heavy atom. The predicted octanol–water partition coefficient (Wildman–Crippen LogP) is 5.56. The molecular weight excluding hydrogens is 790 g/mol. The van der Waals surface area contributed by atoms with E-state index in [1.165, 1.54) is 12.0 Å². The number of aliphatic hydroxyl groups excluding tert-OH is 1. The van der Waals surface area contributed by atoms with Crippen LogP contribution in [0, 0.1) is 25.7 Å². The summed E-state index contributed by atoms with van der Waals surface area (Å²) in [6.07, 6.45) is 2.67. The van der Waals surface area contributed by atoms with Crippen molar-refractivity contribution < 1.29 is 38.5 Å². The number of carbonyl (C=O) groups excluding carboxylic acids is 4. The van der Waals surface area contributed by atoms with Crippen molar-refractivity contribution in [1.82, 2.24) is 10.2 Å². The molecule has 11 nitrogen and oxygen atoms in total. The highest BCUT2D eigenvalue weighted by Crippen LogP contribution is 2.61. The Balaban J connectivity index is 1.43. The summed E-state index contributed by atoms with van der Waals surface area (Å²) in [5.41, 5.74) is 2.47. The number of rotatable bonds is 18. The van der Waals surface area contributed by atoms with E-state index in [4.69, 9.17) is 14.2 Å². The summed E-state index contributed by atoms with van der Waals surface area (Å²) in [6.45, 7) is 11.3. The zero-order valence-electron chi connectivity index (χ0n) is 32.7. The lowest BCUT2D eigenvalue weighted by atomic mass is 9.70. The van der Waals surface area contributed by atoms with E-state index >= 15 is 9.59 Å². The number of ether oxygens (including phenoxy) is 3. The Labute approximate surface area is 343 Å². The van der Waals surface area contributed by atoms with E-state index in [1.807, 2.05) is 80.6 Å². The maximum atomic E-state index is 15.4. The van der Waals surface area contributed by atoms with Crippen LogP contribution in [0.2, 0.25) is 0 Å². The van der Waals surface area contributed by atoms with Crippen molar-refractivity contribution in [3.8, 4) is 0 Å². The molecule has 1 spiro atoms. The van der Waals surface area contributed by atoms with Crippen LogP contribution in [-0.2, 0) is 39.8 Å². The summed E-state index contributed by atoms with van der Waals surface area (Å²) in [5.74, 6) is -4.05. The van der Waals surface area contributed by atoms with Crippen molar-refractivity contribution in [3.63, 3.8) is 0 Å². The van der Waals surface area contributed by atoms with Crippen LogP contribution in [0.5, 0.6) is 0 Å². The van der Waals surface area contributed by atoms with Gasteiger partial charge in [-0.15, -0.1) is 13.2 Å². The van der Waals surface area contributed by atoms with Crippen molar-refractivity contribution in [2.45, 2.75) is 80.3 Å². The average molecular weight is 843 g/mol. The lowest BCUT2D eigenvalue weighted by molar-refractivity contribution is -0.163. The molecule has 0 saturated carbocycles. The van der Waals surface area contributed by atoms with Crippen LogP contribution in [0.3, 0.4) is 0 Å². The van der Waals surface area contributed by atoms with Gasteiger partial charge in [0.15, 0.2) is 0 Å². The van der Waals surface area contributed by atoms with E-state index in [-0.39, 0.29) is 38.3 Å². The van der Waals surface area contributed by atoms with Crippen LogP contribution >= 0.6 is 15.9 Å². The van der Waals surface area contributed by atoms with Gasteiger partial charge in [0.25, 0.3) is 5.91 Å². The van der Waals surface area contributed by atoms with E-state index in [9.17, 15) is 14.7 Å². The standard InChI is InChI=1S/C45H52BrN3O8/c1-6-8-22-35(51)47-34(27-55-5)39(31-20-13-10-14-21-31)56-44(54)36-37-42(52)49(32(26-50)24-30-18-11-9-12-19-30)41(45(37)25-33(46)40(36)57-45)43(53)48(23-7-2)38-28(3)16-15-17-29(38)4/h6-7,9-21,32-34,36-37,39-41,50H,1-2,8,22-27H2,3-5H3,(H,47,51)/t32-,33?,34+,36+,37-,39+,40+,41+,45-/m1/s1. The minimum absolute atomic E-state index is 0.0319. The number of anilines is 1. The molecule has 3 heterocycles. The molecule has 3 amide bonds. The number of fused-ring (bicyclic) bond motifs is 1. The topological polar surface area (TPSA) is 135 Å². The highest BCUT2D eigenvalue weighted by Gasteiger charge is 2.77. The second-order valence-electron chi connectivity index (χ2n) is 15.1. The Morgan fingerprint density at radius 3 is 2.32 bits per heavy atom. The largest absolute Gasteiger partial charge is 0.455 e.